The summed E-state index contributed by atoms with van der Waals surface area (Å²) in [6, 6.07) is 0.531. The minimum Gasteiger partial charge on any atom is -0.356 e. The van der Waals surface area contributed by atoms with Gasteiger partial charge in [-0.15, -0.1) is 24.0 Å². The predicted molar refractivity (Wildman–Crippen MR) is 110 cm³/mol. The molecule has 0 aromatic rings. The molecular formula is C17H32IN3O2S. The zero-order chi connectivity index (χ0) is 16.1. The predicted octanol–water partition coefficient (Wildman–Crippen LogP) is 2.71. The van der Waals surface area contributed by atoms with Crippen LogP contribution in [0.25, 0.3) is 0 Å². The molecule has 7 heteroatoms. The van der Waals surface area contributed by atoms with Gasteiger partial charge in [-0.25, -0.2) is 8.42 Å². The Morgan fingerprint density at radius 1 is 0.958 bits per heavy atom. The lowest BCUT2D eigenvalue weighted by Crippen LogP contribution is -2.46. The Hall–Kier alpha value is -0.0500. The SMILES string of the molecule is I.O=S1(=O)CCC(CN=C(NCC2CCC2)NC2CCCCC2)C1. The number of guanidine groups is 1. The topological polar surface area (TPSA) is 70.6 Å². The summed E-state index contributed by atoms with van der Waals surface area (Å²) in [4.78, 5) is 4.73. The summed E-state index contributed by atoms with van der Waals surface area (Å²) >= 11 is 0. The zero-order valence-corrected chi connectivity index (χ0v) is 17.7. The monoisotopic (exact) mass is 469 g/mol. The molecule has 1 saturated heterocycles. The van der Waals surface area contributed by atoms with E-state index in [2.05, 4.69) is 10.6 Å². The van der Waals surface area contributed by atoms with Gasteiger partial charge in [-0.3, -0.25) is 4.99 Å². The maximum absolute atomic E-state index is 11.6. The van der Waals surface area contributed by atoms with Gasteiger partial charge in [0.25, 0.3) is 0 Å². The largest absolute Gasteiger partial charge is 0.356 e. The van der Waals surface area contributed by atoms with Crippen molar-refractivity contribution in [3.8, 4) is 0 Å². The van der Waals surface area contributed by atoms with Gasteiger partial charge in [0.1, 0.15) is 0 Å². The molecule has 1 atom stereocenters. The molecule has 1 unspecified atom stereocenters. The molecule has 3 rings (SSSR count). The fraction of sp³-hybridized carbons (Fsp3) is 0.941. The fourth-order valence-corrected chi connectivity index (χ4v) is 5.62. The molecule has 0 radical (unpaired) electrons. The van der Waals surface area contributed by atoms with Crippen LogP contribution in [0.4, 0.5) is 0 Å². The smallest absolute Gasteiger partial charge is 0.191 e. The minimum absolute atomic E-state index is 0. The zero-order valence-electron chi connectivity index (χ0n) is 14.5. The first-order valence-corrected chi connectivity index (χ1v) is 11.2. The number of aliphatic imine (C=N–C) groups is 1. The Kier molecular flexibility index (Phi) is 8.10. The average molecular weight is 469 g/mol. The van der Waals surface area contributed by atoms with Crippen molar-refractivity contribution in [2.45, 2.75) is 63.8 Å². The highest BCUT2D eigenvalue weighted by Gasteiger charge is 2.27. The highest BCUT2D eigenvalue weighted by molar-refractivity contribution is 14.0. The molecule has 5 nitrogen and oxygen atoms in total. The summed E-state index contributed by atoms with van der Waals surface area (Å²) < 4.78 is 23.2. The van der Waals surface area contributed by atoms with Gasteiger partial charge in [-0.05, 0) is 43.9 Å². The van der Waals surface area contributed by atoms with E-state index in [1.54, 1.807) is 0 Å². The van der Waals surface area contributed by atoms with Crippen LogP contribution in [0.1, 0.15) is 57.8 Å². The second kappa shape index (κ2) is 9.59. The standard InChI is InChI=1S/C17H31N3O2S.HI/c21-23(22)10-9-15(13-23)12-19-17(18-11-14-5-4-6-14)20-16-7-2-1-3-8-16;/h14-16H,1-13H2,(H2,18,19,20);1H. The van der Waals surface area contributed by atoms with E-state index in [0.717, 1.165) is 24.8 Å². The average Bonchev–Trinajstić information content (AvgIpc) is 2.83. The molecule has 24 heavy (non-hydrogen) atoms. The number of sulfone groups is 1. The Labute approximate surface area is 163 Å². The lowest BCUT2D eigenvalue weighted by Gasteiger charge is -2.29. The van der Waals surface area contributed by atoms with E-state index in [0.29, 0.717) is 24.1 Å². The second-order valence-corrected chi connectivity index (χ2v) is 9.84. The van der Waals surface area contributed by atoms with Crippen molar-refractivity contribution in [3.63, 3.8) is 0 Å². The number of halogens is 1. The van der Waals surface area contributed by atoms with Gasteiger partial charge in [0.2, 0.25) is 0 Å². The molecule has 2 N–H and O–H groups in total. The molecule has 2 aliphatic carbocycles. The molecule has 0 amide bonds. The first kappa shape index (κ1) is 20.3. The third-order valence-corrected chi connectivity index (χ3v) is 7.40. The van der Waals surface area contributed by atoms with Gasteiger partial charge < -0.3 is 10.6 Å². The number of rotatable bonds is 5. The molecule has 0 bridgehead atoms. The van der Waals surface area contributed by atoms with Crippen LogP contribution in [-0.2, 0) is 9.84 Å². The molecule has 3 fully saturated rings. The van der Waals surface area contributed by atoms with Crippen LogP contribution in [-0.4, -0.2) is 45.0 Å². The van der Waals surface area contributed by atoms with Gasteiger partial charge in [0, 0.05) is 19.1 Å². The molecule has 140 valence electrons. The maximum Gasteiger partial charge on any atom is 0.191 e. The quantitative estimate of drug-likeness (QED) is 0.369. The molecule has 1 aliphatic heterocycles. The van der Waals surface area contributed by atoms with E-state index in [-0.39, 0.29) is 29.9 Å². The Bertz CT molecular complexity index is 514. The number of nitrogens with zero attached hydrogens (tertiary/aromatic N) is 1. The van der Waals surface area contributed by atoms with Gasteiger partial charge in [-0.1, -0.05) is 25.7 Å². The Balaban J connectivity index is 0.00000208. The summed E-state index contributed by atoms with van der Waals surface area (Å²) in [7, 11) is -2.80. The molecule has 1 heterocycles. The molecule has 0 aromatic heterocycles. The van der Waals surface area contributed by atoms with E-state index in [4.69, 9.17) is 4.99 Å². The van der Waals surface area contributed by atoms with Crippen LogP contribution in [0.15, 0.2) is 4.99 Å². The molecular weight excluding hydrogens is 437 g/mol. The van der Waals surface area contributed by atoms with Crippen molar-refractivity contribution in [3.05, 3.63) is 0 Å². The van der Waals surface area contributed by atoms with Crippen LogP contribution >= 0.6 is 24.0 Å². The fourth-order valence-electron chi connectivity index (χ4n) is 3.77. The van der Waals surface area contributed by atoms with Crippen molar-refractivity contribution >= 4 is 39.8 Å². The van der Waals surface area contributed by atoms with E-state index < -0.39 is 9.84 Å². The third kappa shape index (κ3) is 6.35. The highest BCUT2D eigenvalue weighted by Crippen LogP contribution is 2.25. The van der Waals surface area contributed by atoms with Crippen molar-refractivity contribution in [2.24, 2.45) is 16.8 Å². The summed E-state index contributed by atoms with van der Waals surface area (Å²) in [5.41, 5.74) is 0. The highest BCUT2D eigenvalue weighted by atomic mass is 127. The molecule has 3 aliphatic rings. The van der Waals surface area contributed by atoms with E-state index >= 15 is 0 Å². The van der Waals surface area contributed by atoms with Gasteiger partial charge in [-0.2, -0.15) is 0 Å². The minimum atomic E-state index is -2.80. The first-order valence-electron chi connectivity index (χ1n) is 9.36. The molecule has 2 saturated carbocycles. The van der Waals surface area contributed by atoms with Crippen molar-refractivity contribution in [2.75, 3.05) is 24.6 Å². The maximum atomic E-state index is 11.6. The van der Waals surface area contributed by atoms with Gasteiger partial charge in [0.05, 0.1) is 11.5 Å². The summed E-state index contributed by atoms with van der Waals surface area (Å²) in [5.74, 6) is 2.56. The summed E-state index contributed by atoms with van der Waals surface area (Å²) in [5, 5.41) is 7.10. The van der Waals surface area contributed by atoms with Crippen LogP contribution in [0.3, 0.4) is 0 Å². The van der Waals surface area contributed by atoms with E-state index in [9.17, 15) is 8.42 Å². The lowest BCUT2D eigenvalue weighted by atomic mass is 9.85. The molecule has 0 spiro atoms. The van der Waals surface area contributed by atoms with Crippen LogP contribution in [0.2, 0.25) is 0 Å². The number of hydrogen-bond acceptors (Lipinski definition) is 3. The van der Waals surface area contributed by atoms with Gasteiger partial charge in [0.15, 0.2) is 15.8 Å². The van der Waals surface area contributed by atoms with Crippen molar-refractivity contribution < 1.29 is 8.42 Å². The normalized spacial score (nSPS) is 28.0. The lowest BCUT2D eigenvalue weighted by molar-refractivity contribution is 0.313. The van der Waals surface area contributed by atoms with Crippen molar-refractivity contribution in [1.29, 1.82) is 0 Å². The van der Waals surface area contributed by atoms with Crippen LogP contribution < -0.4 is 10.6 Å². The second-order valence-electron chi connectivity index (χ2n) is 7.62. The van der Waals surface area contributed by atoms with Crippen molar-refractivity contribution in [1.82, 2.24) is 10.6 Å². The van der Waals surface area contributed by atoms with E-state index in [1.807, 2.05) is 0 Å². The number of hydrogen-bond donors (Lipinski definition) is 2. The van der Waals surface area contributed by atoms with E-state index in [1.165, 1.54) is 51.4 Å². The summed E-state index contributed by atoms with van der Waals surface area (Å²) in [6.07, 6.45) is 11.2. The summed E-state index contributed by atoms with van der Waals surface area (Å²) in [6.45, 7) is 1.63. The first-order chi connectivity index (χ1) is 11.1. The number of nitrogens with one attached hydrogen (secondary N) is 2. The van der Waals surface area contributed by atoms with Crippen LogP contribution in [0, 0.1) is 11.8 Å². The third-order valence-electron chi connectivity index (χ3n) is 5.56. The Morgan fingerprint density at radius 2 is 1.71 bits per heavy atom. The van der Waals surface area contributed by atoms with Gasteiger partial charge >= 0.3 is 0 Å². The van der Waals surface area contributed by atoms with Crippen LogP contribution in [0.5, 0.6) is 0 Å². The molecule has 0 aromatic carbocycles. The Morgan fingerprint density at radius 3 is 2.29 bits per heavy atom.